The topological polar surface area (TPSA) is 55.4 Å². The molecule has 214 valence electrons. The molecule has 0 spiro atoms. The minimum absolute atomic E-state index is 0. The van der Waals surface area contributed by atoms with Crippen molar-refractivity contribution in [2.75, 3.05) is 0 Å². The third-order valence-electron chi connectivity index (χ3n) is 6.04. The van der Waals surface area contributed by atoms with Crippen molar-refractivity contribution in [2.24, 2.45) is 10.2 Å². The quantitative estimate of drug-likeness (QED) is 0.131. The second-order valence-electron chi connectivity index (χ2n) is 8.91. The molecule has 5 nitrogen and oxygen atoms in total. The molecule has 0 bridgehead atoms. The molecule has 6 rings (SSSR count). The normalized spacial score (nSPS) is 11.2. The van der Waals surface area contributed by atoms with E-state index in [0.717, 1.165) is 44.1 Å². The minimum atomic E-state index is 0. The number of hydrogen-bond acceptors (Lipinski definition) is 4. The summed E-state index contributed by atoms with van der Waals surface area (Å²) >= 11 is 15.6. The first-order chi connectivity index (χ1) is 20.6. The molecule has 1 aromatic heterocycles. The van der Waals surface area contributed by atoms with Crippen LogP contribution in [-0.4, -0.2) is 25.1 Å². The van der Waals surface area contributed by atoms with E-state index in [0.29, 0.717) is 10.3 Å². The zero-order valence-electron chi connectivity index (χ0n) is 22.2. The van der Waals surface area contributed by atoms with E-state index in [2.05, 4.69) is 53.0 Å². The van der Waals surface area contributed by atoms with Gasteiger partial charge in [0.25, 0.3) is 0 Å². The highest BCUT2D eigenvalue weighted by Gasteiger charge is 2.17. The monoisotopic (exact) mass is 667 g/mol. The van der Waals surface area contributed by atoms with E-state index >= 15 is 0 Å². The highest BCUT2D eigenvalue weighted by molar-refractivity contribution is 9.10. The molecule has 0 saturated carbocycles. The average Bonchev–Trinajstić information content (AvgIpc) is 3.51. The van der Waals surface area contributed by atoms with E-state index in [1.165, 1.54) is 0 Å². The van der Waals surface area contributed by atoms with Crippen LogP contribution in [-0.2, 0) is 0 Å². The lowest BCUT2D eigenvalue weighted by Crippen LogP contribution is -2.00. The molecule has 0 aliphatic heterocycles. The van der Waals surface area contributed by atoms with Crippen molar-refractivity contribution >= 4 is 49.5 Å². The fourth-order valence-electron chi connectivity index (χ4n) is 4.05. The third kappa shape index (κ3) is 8.36. The number of halogens is 3. The maximum absolute atomic E-state index is 6.02. The molecule has 5 aromatic carbocycles. The molecule has 0 fully saturated rings. The van der Waals surface area contributed by atoms with Gasteiger partial charge < -0.3 is 0 Å². The second-order valence-corrected chi connectivity index (χ2v) is 10.5. The Bertz CT molecular complexity index is 1680. The zero-order chi connectivity index (χ0) is 29.1. The van der Waals surface area contributed by atoms with Crippen LogP contribution in [0.3, 0.4) is 0 Å². The minimum Gasteiger partial charge on any atom is -0.275 e. The molecule has 0 aliphatic rings. The molecule has 0 atom stereocenters. The lowest BCUT2D eigenvalue weighted by Gasteiger charge is -2.11. The van der Waals surface area contributed by atoms with E-state index in [9.17, 15) is 0 Å². The van der Waals surface area contributed by atoms with Gasteiger partial charge in [-0.25, -0.2) is 0 Å². The fraction of sp³-hybridized carbons (Fsp3) is 0.0286. The molecule has 0 unspecified atom stereocenters. The van der Waals surface area contributed by atoms with Crippen LogP contribution in [0.2, 0.25) is 0 Å². The Kier molecular flexibility index (Phi) is 11.6. The van der Waals surface area contributed by atoms with Crippen molar-refractivity contribution in [1.82, 2.24) is 14.8 Å². The van der Waals surface area contributed by atoms with Crippen molar-refractivity contribution in [3.8, 4) is 28.5 Å². The first-order valence-corrected chi connectivity index (χ1v) is 14.5. The smallest absolute Gasteiger partial charge is 0.168 e. The lowest BCUT2D eigenvalue weighted by atomic mass is 10.1. The molecule has 8 heteroatoms. The summed E-state index contributed by atoms with van der Waals surface area (Å²) < 4.78 is 3.11. The standard InChI is InChI=1S/C20H14BrN3.C14H10Cl2N2.CH4/c21-17-12-7-13-18(14-17)24-19(15-8-3-1-4-9-15)22-23-20(24)16-10-5-2-6-11-16;15-13(11-7-3-1-4-8-11)17-18-14(16)12-9-5-2-6-10-12;/h1-14H;1-10H;1H4/b;17-13-,18-14-;. The molecule has 43 heavy (non-hydrogen) atoms. The van der Waals surface area contributed by atoms with Crippen LogP contribution in [0.5, 0.6) is 0 Å². The second kappa shape index (κ2) is 15.8. The maximum atomic E-state index is 6.02. The van der Waals surface area contributed by atoms with Gasteiger partial charge in [-0.05, 0) is 18.2 Å². The van der Waals surface area contributed by atoms with Gasteiger partial charge in [-0.2, -0.15) is 0 Å². The van der Waals surface area contributed by atoms with E-state index in [4.69, 9.17) is 23.2 Å². The van der Waals surface area contributed by atoms with Gasteiger partial charge in [0, 0.05) is 26.7 Å². The third-order valence-corrected chi connectivity index (χ3v) is 7.12. The summed E-state index contributed by atoms with van der Waals surface area (Å²) in [5, 5.41) is 17.4. The average molecular weight is 669 g/mol. The number of aromatic nitrogens is 3. The van der Waals surface area contributed by atoms with Gasteiger partial charge in [0.2, 0.25) is 0 Å². The zero-order valence-corrected chi connectivity index (χ0v) is 25.3. The summed E-state index contributed by atoms with van der Waals surface area (Å²) in [6.07, 6.45) is 0. The maximum Gasteiger partial charge on any atom is 0.168 e. The highest BCUT2D eigenvalue weighted by Crippen LogP contribution is 2.29. The van der Waals surface area contributed by atoms with Crippen molar-refractivity contribution < 1.29 is 0 Å². The number of nitrogens with zero attached hydrogens (tertiary/aromatic N) is 5. The Labute approximate surface area is 270 Å². The van der Waals surface area contributed by atoms with Crippen LogP contribution in [0.1, 0.15) is 18.6 Å². The van der Waals surface area contributed by atoms with Crippen LogP contribution in [0.15, 0.2) is 160 Å². The van der Waals surface area contributed by atoms with Crippen LogP contribution in [0.4, 0.5) is 0 Å². The predicted molar refractivity (Wildman–Crippen MR) is 184 cm³/mol. The van der Waals surface area contributed by atoms with Gasteiger partial charge >= 0.3 is 0 Å². The Hall–Kier alpha value is -4.36. The Balaban J connectivity index is 0.000000201. The first kappa shape index (κ1) is 31.6. The molecule has 0 amide bonds. The molecular formula is C35H28BrCl2N5. The van der Waals surface area contributed by atoms with Gasteiger partial charge in [-0.3, -0.25) is 4.57 Å². The van der Waals surface area contributed by atoms with Crippen molar-refractivity contribution in [2.45, 2.75) is 7.43 Å². The Morgan fingerprint density at radius 2 is 0.930 bits per heavy atom. The van der Waals surface area contributed by atoms with Crippen LogP contribution in [0.25, 0.3) is 28.5 Å². The molecular weight excluding hydrogens is 641 g/mol. The van der Waals surface area contributed by atoms with Crippen LogP contribution < -0.4 is 0 Å². The number of rotatable bonds is 6. The lowest BCUT2D eigenvalue weighted by molar-refractivity contribution is 1.07. The molecule has 0 aliphatic carbocycles. The molecule has 0 N–H and O–H groups in total. The summed E-state index contributed by atoms with van der Waals surface area (Å²) in [4.78, 5) is 0. The summed E-state index contributed by atoms with van der Waals surface area (Å²) in [5.41, 5.74) is 4.70. The SMILES string of the molecule is Brc1cccc(-n2c(-c3ccccc3)nnc2-c2ccccc2)c1.C.Cl/C(=N\N=C(/Cl)c1ccccc1)c1ccccc1. The van der Waals surface area contributed by atoms with E-state index in [-0.39, 0.29) is 7.43 Å². The summed E-state index contributed by atoms with van der Waals surface area (Å²) in [5.74, 6) is 1.65. The number of hydrogen-bond donors (Lipinski definition) is 0. The summed E-state index contributed by atoms with van der Waals surface area (Å²) in [6.45, 7) is 0. The van der Waals surface area contributed by atoms with Gasteiger partial charge in [0.05, 0.1) is 5.69 Å². The molecule has 0 radical (unpaired) electrons. The Morgan fingerprint density at radius 1 is 0.535 bits per heavy atom. The van der Waals surface area contributed by atoms with E-state index < -0.39 is 0 Å². The molecule has 1 heterocycles. The van der Waals surface area contributed by atoms with Gasteiger partial charge in [0.15, 0.2) is 22.0 Å². The molecule has 0 saturated heterocycles. The van der Waals surface area contributed by atoms with Crippen LogP contribution in [0, 0.1) is 0 Å². The van der Waals surface area contributed by atoms with Gasteiger partial charge in [-0.15, -0.1) is 20.4 Å². The molecule has 6 aromatic rings. The van der Waals surface area contributed by atoms with Crippen molar-refractivity contribution in [3.05, 3.63) is 161 Å². The largest absolute Gasteiger partial charge is 0.275 e. The van der Waals surface area contributed by atoms with Crippen molar-refractivity contribution in [3.63, 3.8) is 0 Å². The summed E-state index contributed by atoms with van der Waals surface area (Å²) in [7, 11) is 0. The highest BCUT2D eigenvalue weighted by atomic mass is 79.9. The fourth-order valence-corrected chi connectivity index (χ4v) is 4.76. The van der Waals surface area contributed by atoms with E-state index in [1.54, 1.807) is 0 Å². The van der Waals surface area contributed by atoms with Crippen LogP contribution >= 0.6 is 39.1 Å². The van der Waals surface area contributed by atoms with Gasteiger partial charge in [-0.1, -0.05) is 174 Å². The number of benzene rings is 5. The predicted octanol–water partition coefficient (Wildman–Crippen LogP) is 10.3. The van der Waals surface area contributed by atoms with Crippen molar-refractivity contribution in [1.29, 1.82) is 0 Å². The van der Waals surface area contributed by atoms with Gasteiger partial charge in [0.1, 0.15) is 0 Å². The Morgan fingerprint density at radius 3 is 1.33 bits per heavy atom. The van der Waals surface area contributed by atoms with E-state index in [1.807, 2.05) is 133 Å². The summed E-state index contributed by atoms with van der Waals surface area (Å²) in [6, 6.07) is 47.2. The first-order valence-electron chi connectivity index (χ1n) is 13.0.